The molecule has 4 N–H and O–H groups in total. The molecule has 8 heteroatoms. The zero-order chi connectivity index (χ0) is 18.2. The molecule has 0 aliphatic carbocycles. The van der Waals surface area contributed by atoms with Crippen molar-refractivity contribution in [3.63, 3.8) is 0 Å². The third kappa shape index (κ3) is 3.96. The van der Waals surface area contributed by atoms with Gasteiger partial charge in [-0.15, -0.1) is 0 Å². The molecule has 2 heterocycles. The summed E-state index contributed by atoms with van der Waals surface area (Å²) in [6, 6.07) is 5.66. The first-order valence-corrected chi connectivity index (χ1v) is 10.1. The first kappa shape index (κ1) is 17.8. The Hall–Kier alpha value is -2.06. The molecule has 0 spiro atoms. The van der Waals surface area contributed by atoms with Gasteiger partial charge in [-0.05, 0) is 50.5 Å². The lowest BCUT2D eigenvalue weighted by atomic mass is 10.0. The van der Waals surface area contributed by atoms with Crippen LogP contribution < -0.4 is 16.2 Å². The molecule has 7 nitrogen and oxygen atoms in total. The number of aromatic amines is 1. The van der Waals surface area contributed by atoms with Crippen molar-refractivity contribution in [1.29, 1.82) is 0 Å². The molecule has 136 valence electrons. The molecule has 1 aromatic heterocycles. The third-order valence-electron chi connectivity index (χ3n) is 4.81. The molecular weight excluding hydrogens is 340 g/mol. The maximum Gasteiger partial charge on any atom is 0.329 e. The van der Waals surface area contributed by atoms with Crippen molar-refractivity contribution in [2.24, 2.45) is 0 Å². The Morgan fingerprint density at radius 2 is 2.08 bits per heavy atom. The van der Waals surface area contributed by atoms with Crippen LogP contribution in [0.15, 0.2) is 18.2 Å². The number of hydrogen-bond donors (Lipinski definition) is 4. The van der Waals surface area contributed by atoms with Crippen molar-refractivity contribution in [2.75, 3.05) is 11.5 Å². The lowest BCUT2D eigenvalue weighted by Gasteiger charge is -2.24. The lowest BCUT2D eigenvalue weighted by Crippen LogP contribution is -2.55. The van der Waals surface area contributed by atoms with Crippen LogP contribution in [0.2, 0.25) is 0 Å². The summed E-state index contributed by atoms with van der Waals surface area (Å²) in [5.41, 5.74) is 9.21. The molecule has 2 amide bonds. The highest BCUT2D eigenvalue weighted by atomic mass is 32.2. The molecule has 1 fully saturated rings. The topological polar surface area (TPSA) is 103 Å². The molecule has 25 heavy (non-hydrogen) atoms. The molecule has 0 radical (unpaired) electrons. The quantitative estimate of drug-likeness (QED) is 0.620. The van der Waals surface area contributed by atoms with Gasteiger partial charge < -0.3 is 10.3 Å². The number of hydrazine groups is 1. The number of fused-ring (bicyclic) bond motifs is 1. The van der Waals surface area contributed by atoms with Crippen molar-refractivity contribution < 1.29 is 13.2 Å². The van der Waals surface area contributed by atoms with Gasteiger partial charge in [-0.2, -0.15) is 0 Å². The van der Waals surface area contributed by atoms with Crippen LogP contribution in [0.25, 0.3) is 10.9 Å². The van der Waals surface area contributed by atoms with Crippen LogP contribution in [0.3, 0.4) is 0 Å². The fourth-order valence-corrected chi connectivity index (χ4v) is 5.25. The third-order valence-corrected chi connectivity index (χ3v) is 6.71. The van der Waals surface area contributed by atoms with Gasteiger partial charge in [0.15, 0.2) is 9.84 Å². The van der Waals surface area contributed by atoms with Gasteiger partial charge in [-0.3, -0.25) is 5.43 Å². The molecule has 0 unspecified atom stereocenters. The van der Waals surface area contributed by atoms with Crippen LogP contribution in [-0.4, -0.2) is 36.5 Å². The second-order valence-corrected chi connectivity index (χ2v) is 9.27. The molecule has 1 aliphatic rings. The summed E-state index contributed by atoms with van der Waals surface area (Å²) in [4.78, 5) is 15.3. The van der Waals surface area contributed by atoms with Crippen LogP contribution in [0.5, 0.6) is 0 Å². The normalized spacial score (nSPS) is 22.2. The van der Waals surface area contributed by atoms with E-state index in [1.165, 1.54) is 5.56 Å². The van der Waals surface area contributed by atoms with Crippen LogP contribution >= 0.6 is 0 Å². The molecule has 1 saturated heterocycles. The molecule has 1 aliphatic heterocycles. The van der Waals surface area contributed by atoms with E-state index in [0.717, 1.165) is 22.2 Å². The highest BCUT2D eigenvalue weighted by Gasteiger charge is 2.38. The first-order valence-electron chi connectivity index (χ1n) is 8.27. The number of urea groups is 1. The molecule has 2 aromatic rings. The summed E-state index contributed by atoms with van der Waals surface area (Å²) in [6.45, 7) is 6.29. The van der Waals surface area contributed by atoms with E-state index in [4.69, 9.17) is 0 Å². The second-order valence-electron chi connectivity index (χ2n) is 7.09. The number of rotatable bonds is 4. The number of nitrogens with one attached hydrogen (secondary N) is 4. The fourth-order valence-electron chi connectivity index (χ4n) is 3.16. The van der Waals surface area contributed by atoms with Crippen molar-refractivity contribution in [1.82, 2.24) is 21.2 Å². The highest BCUT2D eigenvalue weighted by molar-refractivity contribution is 7.91. The number of carbonyl (C=O) groups is 1. The van der Waals surface area contributed by atoms with Crippen molar-refractivity contribution >= 4 is 26.8 Å². The summed E-state index contributed by atoms with van der Waals surface area (Å²) in [6.07, 6.45) is 0.485. The van der Waals surface area contributed by atoms with Gasteiger partial charge in [-0.1, -0.05) is 6.07 Å². The molecular formula is C17H24N4O3S. The summed E-state index contributed by atoms with van der Waals surface area (Å²) in [7, 11) is -3.02. The predicted octanol–water partition coefficient (Wildman–Crippen LogP) is 1.67. The Kier molecular flexibility index (Phi) is 4.51. The van der Waals surface area contributed by atoms with Gasteiger partial charge >= 0.3 is 6.03 Å². The SMILES string of the molecule is Cc1[nH]c2ccc(CNC(=O)NN[C@]3(C)CCS(=O)(=O)C3)cc2c1C. The minimum atomic E-state index is -3.02. The van der Waals surface area contributed by atoms with Gasteiger partial charge in [0.25, 0.3) is 0 Å². The van der Waals surface area contributed by atoms with Crippen LogP contribution in [0.1, 0.15) is 30.2 Å². The minimum absolute atomic E-state index is 0.0308. The van der Waals surface area contributed by atoms with E-state index in [0.29, 0.717) is 13.0 Å². The molecule has 3 rings (SSSR count). The van der Waals surface area contributed by atoms with Crippen LogP contribution in [0.4, 0.5) is 4.79 Å². The number of carbonyl (C=O) groups excluding carboxylic acids is 1. The summed E-state index contributed by atoms with van der Waals surface area (Å²) in [5.74, 6) is 0.179. The van der Waals surface area contributed by atoms with E-state index in [-0.39, 0.29) is 17.5 Å². The molecule has 0 saturated carbocycles. The Morgan fingerprint density at radius 1 is 1.32 bits per heavy atom. The first-order chi connectivity index (χ1) is 11.7. The van der Waals surface area contributed by atoms with E-state index in [1.807, 2.05) is 19.1 Å². The van der Waals surface area contributed by atoms with Gasteiger partial charge in [0, 0.05) is 28.7 Å². The van der Waals surface area contributed by atoms with E-state index >= 15 is 0 Å². The van der Waals surface area contributed by atoms with E-state index < -0.39 is 15.4 Å². The monoisotopic (exact) mass is 364 g/mol. The van der Waals surface area contributed by atoms with Crippen LogP contribution in [0, 0.1) is 13.8 Å². The maximum absolute atomic E-state index is 12.0. The largest absolute Gasteiger partial charge is 0.358 e. The number of sulfone groups is 1. The zero-order valence-corrected chi connectivity index (χ0v) is 15.5. The van der Waals surface area contributed by atoms with E-state index in [2.05, 4.69) is 34.1 Å². The second kappa shape index (κ2) is 6.34. The average Bonchev–Trinajstić information content (AvgIpc) is 3.00. The average molecular weight is 364 g/mol. The number of benzene rings is 1. The Bertz CT molecular complexity index is 919. The van der Waals surface area contributed by atoms with Crippen LogP contribution in [-0.2, 0) is 16.4 Å². The van der Waals surface area contributed by atoms with Gasteiger partial charge in [0.2, 0.25) is 0 Å². The lowest BCUT2D eigenvalue weighted by molar-refractivity contribution is 0.227. The highest BCUT2D eigenvalue weighted by Crippen LogP contribution is 2.23. The number of hydrogen-bond acceptors (Lipinski definition) is 4. The van der Waals surface area contributed by atoms with Crippen molar-refractivity contribution in [3.8, 4) is 0 Å². The minimum Gasteiger partial charge on any atom is -0.358 e. The van der Waals surface area contributed by atoms with E-state index in [9.17, 15) is 13.2 Å². The van der Waals surface area contributed by atoms with E-state index in [1.54, 1.807) is 6.92 Å². The fraction of sp³-hybridized carbons (Fsp3) is 0.471. The summed E-state index contributed by atoms with van der Waals surface area (Å²) in [5, 5.41) is 3.93. The van der Waals surface area contributed by atoms with Crippen molar-refractivity contribution in [2.45, 2.75) is 39.3 Å². The Balaban J connectivity index is 1.55. The number of aryl methyl sites for hydroxylation is 2. The summed E-state index contributed by atoms with van der Waals surface area (Å²) >= 11 is 0. The number of H-pyrrole nitrogens is 1. The standard InChI is InChI=1S/C17H24N4O3S/c1-11-12(2)19-15-5-4-13(8-14(11)15)9-18-16(22)20-21-17(3)6-7-25(23,24)10-17/h4-5,8,19,21H,6-7,9-10H2,1-3H3,(H2,18,20,22)/t17-/m1/s1. The molecule has 1 aromatic carbocycles. The molecule has 1 atom stereocenters. The number of amides is 2. The number of aromatic nitrogens is 1. The van der Waals surface area contributed by atoms with Gasteiger partial charge in [0.05, 0.1) is 11.5 Å². The molecule has 0 bridgehead atoms. The summed E-state index contributed by atoms with van der Waals surface area (Å²) < 4.78 is 23.1. The Labute approximate surface area is 147 Å². The van der Waals surface area contributed by atoms with Crippen molar-refractivity contribution in [3.05, 3.63) is 35.0 Å². The van der Waals surface area contributed by atoms with Gasteiger partial charge in [-0.25, -0.2) is 18.6 Å². The van der Waals surface area contributed by atoms with Gasteiger partial charge in [0.1, 0.15) is 0 Å². The smallest absolute Gasteiger partial charge is 0.329 e. The Morgan fingerprint density at radius 3 is 2.76 bits per heavy atom. The predicted molar refractivity (Wildman–Crippen MR) is 98.0 cm³/mol. The maximum atomic E-state index is 12.0. The zero-order valence-electron chi connectivity index (χ0n) is 14.7.